The Morgan fingerprint density at radius 2 is 2.10 bits per heavy atom. The first-order chi connectivity index (χ1) is 10.1. The number of rotatable bonds is 6. The molecule has 0 saturated carbocycles. The van der Waals surface area contributed by atoms with Gasteiger partial charge >= 0.3 is 0 Å². The van der Waals surface area contributed by atoms with Crippen molar-refractivity contribution in [2.75, 3.05) is 6.54 Å². The molecule has 0 radical (unpaired) electrons. The summed E-state index contributed by atoms with van der Waals surface area (Å²) in [6.45, 7) is 5.88. The van der Waals surface area contributed by atoms with E-state index in [-0.39, 0.29) is 6.04 Å². The molecule has 0 amide bonds. The first-order valence-electron chi connectivity index (χ1n) is 6.98. The van der Waals surface area contributed by atoms with E-state index in [0.717, 1.165) is 35.2 Å². The van der Waals surface area contributed by atoms with Crippen LogP contribution in [0.25, 0.3) is 0 Å². The average Bonchev–Trinajstić information content (AvgIpc) is 2.84. The normalized spacial score (nSPS) is 12.6. The Morgan fingerprint density at radius 3 is 2.76 bits per heavy atom. The zero-order valence-corrected chi connectivity index (χ0v) is 15.1. The lowest BCUT2D eigenvalue weighted by Crippen LogP contribution is -2.26. The van der Waals surface area contributed by atoms with Gasteiger partial charge in [-0.3, -0.25) is 4.68 Å². The molecular weight excluding hydrogens is 373 g/mol. The maximum atomic E-state index is 6.39. The summed E-state index contributed by atoms with van der Waals surface area (Å²) in [7, 11) is 0. The lowest BCUT2D eigenvalue weighted by atomic mass is 10.0. The number of benzene rings is 1. The molecule has 0 saturated heterocycles. The second-order valence-corrected chi connectivity index (χ2v) is 6.44. The lowest BCUT2D eigenvalue weighted by Gasteiger charge is -2.22. The molecule has 0 aliphatic rings. The first kappa shape index (κ1) is 16.8. The van der Waals surface area contributed by atoms with Crippen LogP contribution in [0.5, 0.6) is 0 Å². The third-order valence-electron chi connectivity index (χ3n) is 3.27. The Kier molecular flexibility index (Phi) is 6.11. The zero-order chi connectivity index (χ0) is 15.4. The van der Waals surface area contributed by atoms with E-state index in [0.29, 0.717) is 10.0 Å². The van der Waals surface area contributed by atoms with Gasteiger partial charge in [-0.05, 0) is 59.6 Å². The van der Waals surface area contributed by atoms with E-state index in [4.69, 9.17) is 23.2 Å². The van der Waals surface area contributed by atoms with Crippen molar-refractivity contribution in [3.63, 3.8) is 0 Å². The van der Waals surface area contributed by atoms with E-state index in [1.807, 2.05) is 23.0 Å². The Labute approximate surface area is 143 Å². The second kappa shape index (κ2) is 7.63. The fourth-order valence-electron chi connectivity index (χ4n) is 2.29. The molecule has 0 fully saturated rings. The molecule has 0 aliphatic heterocycles. The van der Waals surface area contributed by atoms with Gasteiger partial charge in [0.2, 0.25) is 0 Å². The molecule has 2 aromatic rings. The largest absolute Gasteiger partial charge is 0.305 e. The van der Waals surface area contributed by atoms with Gasteiger partial charge in [0.05, 0.1) is 22.4 Å². The maximum absolute atomic E-state index is 6.39. The quantitative estimate of drug-likeness (QED) is 0.746. The van der Waals surface area contributed by atoms with Gasteiger partial charge in [0.15, 0.2) is 0 Å². The molecule has 1 atom stereocenters. The van der Waals surface area contributed by atoms with Crippen LogP contribution in [0.4, 0.5) is 0 Å². The topological polar surface area (TPSA) is 29.9 Å². The molecule has 2 rings (SSSR count). The van der Waals surface area contributed by atoms with E-state index < -0.39 is 0 Å². The number of aryl methyl sites for hydroxylation is 1. The molecular formula is C15H18BrCl2N3. The van der Waals surface area contributed by atoms with Crippen molar-refractivity contribution in [1.29, 1.82) is 0 Å². The van der Waals surface area contributed by atoms with Gasteiger partial charge < -0.3 is 5.32 Å². The fourth-order valence-corrected chi connectivity index (χ4v) is 3.22. The number of hydrogen-bond acceptors (Lipinski definition) is 2. The zero-order valence-electron chi connectivity index (χ0n) is 12.0. The van der Waals surface area contributed by atoms with Crippen LogP contribution in [0, 0.1) is 0 Å². The Morgan fingerprint density at radius 1 is 1.33 bits per heavy atom. The van der Waals surface area contributed by atoms with Gasteiger partial charge in [-0.15, -0.1) is 0 Å². The predicted molar refractivity (Wildman–Crippen MR) is 92.2 cm³/mol. The molecule has 1 aromatic heterocycles. The summed E-state index contributed by atoms with van der Waals surface area (Å²) >= 11 is 16.1. The molecule has 1 unspecified atom stereocenters. The minimum absolute atomic E-state index is 0.0482. The molecule has 114 valence electrons. The number of aromatic nitrogens is 2. The molecule has 1 aromatic carbocycles. The van der Waals surface area contributed by atoms with Gasteiger partial charge in [-0.1, -0.05) is 30.1 Å². The van der Waals surface area contributed by atoms with Crippen LogP contribution in [0.2, 0.25) is 10.0 Å². The van der Waals surface area contributed by atoms with Crippen LogP contribution in [-0.4, -0.2) is 16.3 Å². The smallest absolute Gasteiger partial charge is 0.0774 e. The van der Waals surface area contributed by atoms with Crippen molar-refractivity contribution in [1.82, 2.24) is 15.1 Å². The number of nitrogens with zero attached hydrogens (tertiary/aromatic N) is 2. The van der Waals surface area contributed by atoms with Crippen molar-refractivity contribution in [3.8, 4) is 0 Å². The molecule has 1 N–H and O–H groups in total. The Balaban J connectivity index is 2.52. The highest BCUT2D eigenvalue weighted by Gasteiger charge is 2.23. The fraction of sp³-hybridized carbons (Fsp3) is 0.400. The highest BCUT2D eigenvalue weighted by molar-refractivity contribution is 9.10. The molecule has 0 spiro atoms. The summed E-state index contributed by atoms with van der Waals surface area (Å²) in [5, 5.41) is 9.31. The summed E-state index contributed by atoms with van der Waals surface area (Å²) in [4.78, 5) is 0. The third-order valence-corrected chi connectivity index (χ3v) is 4.46. The van der Waals surface area contributed by atoms with Gasteiger partial charge in [-0.2, -0.15) is 5.10 Å². The summed E-state index contributed by atoms with van der Waals surface area (Å²) in [5.41, 5.74) is 2.03. The van der Waals surface area contributed by atoms with E-state index in [9.17, 15) is 0 Å². The Hall–Kier alpha value is -0.550. The Bertz CT molecular complexity index is 613. The lowest BCUT2D eigenvalue weighted by molar-refractivity contribution is 0.528. The number of halogens is 3. The highest BCUT2D eigenvalue weighted by Crippen LogP contribution is 2.34. The monoisotopic (exact) mass is 389 g/mol. The van der Waals surface area contributed by atoms with Crippen molar-refractivity contribution in [2.45, 2.75) is 32.9 Å². The molecule has 21 heavy (non-hydrogen) atoms. The number of nitrogens with one attached hydrogen (secondary N) is 1. The molecule has 6 heteroatoms. The first-order valence-corrected chi connectivity index (χ1v) is 8.52. The average molecular weight is 391 g/mol. The molecule has 0 bridgehead atoms. The van der Waals surface area contributed by atoms with Crippen molar-refractivity contribution < 1.29 is 0 Å². The van der Waals surface area contributed by atoms with E-state index >= 15 is 0 Å². The molecule has 3 nitrogen and oxygen atoms in total. The van der Waals surface area contributed by atoms with Gasteiger partial charge in [0, 0.05) is 16.6 Å². The van der Waals surface area contributed by atoms with Crippen LogP contribution in [0.15, 0.2) is 28.9 Å². The van der Waals surface area contributed by atoms with E-state index in [1.54, 1.807) is 6.07 Å². The SMILES string of the molecule is CCCNC(c1cc(Cl)ccc1Cl)c1c(Br)cnn1CC. The van der Waals surface area contributed by atoms with Crippen molar-refractivity contribution >= 4 is 39.1 Å². The van der Waals surface area contributed by atoms with E-state index in [1.165, 1.54) is 0 Å². The van der Waals surface area contributed by atoms with Crippen LogP contribution in [0.1, 0.15) is 37.6 Å². The second-order valence-electron chi connectivity index (χ2n) is 4.75. The third kappa shape index (κ3) is 3.81. The molecule has 0 aliphatic carbocycles. The standard InChI is InChI=1S/C15H18BrCl2N3/c1-3-7-19-14(11-8-10(17)5-6-13(11)18)15-12(16)9-20-21(15)4-2/h5-6,8-9,14,19H,3-4,7H2,1-2H3. The summed E-state index contributed by atoms with van der Waals surface area (Å²) in [6.07, 6.45) is 2.85. The van der Waals surface area contributed by atoms with Crippen LogP contribution in [-0.2, 0) is 6.54 Å². The molecule has 1 heterocycles. The summed E-state index contributed by atoms with van der Waals surface area (Å²) in [5.74, 6) is 0. The van der Waals surface area contributed by atoms with Gasteiger partial charge in [-0.25, -0.2) is 0 Å². The highest BCUT2D eigenvalue weighted by atomic mass is 79.9. The predicted octanol–water partition coefficient (Wildman–Crippen LogP) is 5.06. The minimum Gasteiger partial charge on any atom is -0.305 e. The summed E-state index contributed by atoms with van der Waals surface area (Å²) < 4.78 is 2.93. The van der Waals surface area contributed by atoms with Gasteiger partial charge in [0.25, 0.3) is 0 Å². The van der Waals surface area contributed by atoms with Crippen molar-refractivity contribution in [2.24, 2.45) is 0 Å². The van der Waals surface area contributed by atoms with Crippen LogP contribution in [0.3, 0.4) is 0 Å². The van der Waals surface area contributed by atoms with E-state index in [2.05, 4.69) is 40.2 Å². The van der Waals surface area contributed by atoms with Gasteiger partial charge in [0.1, 0.15) is 0 Å². The summed E-state index contributed by atoms with van der Waals surface area (Å²) in [6, 6.07) is 5.50. The number of hydrogen-bond donors (Lipinski definition) is 1. The maximum Gasteiger partial charge on any atom is 0.0774 e. The van der Waals surface area contributed by atoms with Crippen molar-refractivity contribution in [3.05, 3.63) is 50.2 Å². The van der Waals surface area contributed by atoms with Crippen LogP contribution < -0.4 is 5.32 Å². The van der Waals surface area contributed by atoms with Crippen LogP contribution >= 0.6 is 39.1 Å². The minimum atomic E-state index is -0.0482.